The second kappa shape index (κ2) is 5.23. The van der Waals surface area contributed by atoms with Gasteiger partial charge in [0.15, 0.2) is 0 Å². The highest BCUT2D eigenvalue weighted by Crippen LogP contribution is 2.44. The van der Waals surface area contributed by atoms with E-state index in [2.05, 4.69) is 12.2 Å². The Morgan fingerprint density at radius 3 is 2.30 bits per heavy atom. The van der Waals surface area contributed by atoms with E-state index in [0.717, 1.165) is 18.7 Å². The zero-order valence-corrected chi connectivity index (χ0v) is 14.6. The topological polar surface area (TPSA) is 29.5 Å². The fraction of sp³-hybridized carbons (Fsp3) is 0.500. The molecule has 0 N–H and O–H groups in total. The molecule has 2 bridgehead atoms. The quantitative estimate of drug-likeness (QED) is 0.760. The molecule has 1 aromatic rings. The van der Waals surface area contributed by atoms with E-state index in [-0.39, 0.29) is 18.1 Å². The highest BCUT2D eigenvalue weighted by Gasteiger charge is 2.52. The van der Waals surface area contributed by atoms with Crippen LogP contribution in [0.25, 0.3) is 0 Å². The molecule has 0 aliphatic carbocycles. The minimum Gasteiger partial charge on any atom is -0.366 e. The van der Waals surface area contributed by atoms with Crippen LogP contribution in [-0.4, -0.2) is 36.1 Å². The van der Waals surface area contributed by atoms with E-state index >= 15 is 0 Å². The molecule has 3 aliphatic rings. The van der Waals surface area contributed by atoms with Gasteiger partial charge in [0.05, 0.1) is 27.7 Å². The average molecular weight is 352 g/mol. The van der Waals surface area contributed by atoms with Gasteiger partial charge in [0.25, 0.3) is 0 Å². The lowest BCUT2D eigenvalue weighted by Gasteiger charge is -2.30. The summed E-state index contributed by atoms with van der Waals surface area (Å²) in [6.07, 6.45) is 4.67. The first-order chi connectivity index (χ1) is 10.9. The van der Waals surface area contributed by atoms with Crippen molar-refractivity contribution in [2.24, 2.45) is 11.8 Å². The van der Waals surface area contributed by atoms with E-state index in [9.17, 15) is 4.79 Å². The summed E-state index contributed by atoms with van der Waals surface area (Å²) in [7, 11) is 0. The van der Waals surface area contributed by atoms with Gasteiger partial charge in [0.2, 0.25) is 5.91 Å². The third-order valence-electron chi connectivity index (χ3n) is 5.52. The van der Waals surface area contributed by atoms with Crippen molar-refractivity contribution < 1.29 is 9.53 Å². The van der Waals surface area contributed by atoms with Crippen LogP contribution in [0.15, 0.2) is 30.4 Å². The SMILES string of the molecule is CC(C)(C(=O)N1CC2C3C=CC(O3)C2C1)c1ccc(Cl)c(Cl)c1. The van der Waals surface area contributed by atoms with E-state index in [4.69, 9.17) is 27.9 Å². The summed E-state index contributed by atoms with van der Waals surface area (Å²) in [4.78, 5) is 15.1. The molecule has 0 spiro atoms. The molecule has 2 saturated heterocycles. The molecule has 122 valence electrons. The number of carbonyl (C=O) groups is 1. The molecule has 2 fully saturated rings. The van der Waals surface area contributed by atoms with Crippen LogP contribution in [0, 0.1) is 11.8 Å². The maximum absolute atomic E-state index is 13.1. The van der Waals surface area contributed by atoms with Crippen molar-refractivity contribution in [3.63, 3.8) is 0 Å². The van der Waals surface area contributed by atoms with Gasteiger partial charge >= 0.3 is 0 Å². The van der Waals surface area contributed by atoms with E-state index in [0.29, 0.717) is 21.9 Å². The highest BCUT2D eigenvalue weighted by atomic mass is 35.5. The third-order valence-corrected chi connectivity index (χ3v) is 6.26. The molecule has 3 aliphatic heterocycles. The van der Waals surface area contributed by atoms with Crippen LogP contribution in [0.4, 0.5) is 0 Å². The molecule has 5 heteroatoms. The summed E-state index contributed by atoms with van der Waals surface area (Å²) in [5, 5.41) is 0.994. The maximum atomic E-state index is 13.1. The van der Waals surface area contributed by atoms with Crippen LogP contribution in [0.5, 0.6) is 0 Å². The number of ether oxygens (including phenoxy) is 1. The van der Waals surface area contributed by atoms with Gasteiger partial charge in [-0.2, -0.15) is 0 Å². The van der Waals surface area contributed by atoms with Gasteiger partial charge in [-0.3, -0.25) is 4.79 Å². The lowest BCUT2D eigenvalue weighted by Crippen LogP contribution is -2.43. The lowest BCUT2D eigenvalue weighted by molar-refractivity contribution is -0.135. The zero-order valence-electron chi connectivity index (χ0n) is 13.1. The zero-order chi connectivity index (χ0) is 16.4. The monoisotopic (exact) mass is 351 g/mol. The summed E-state index contributed by atoms with van der Waals surface area (Å²) < 4.78 is 5.89. The third kappa shape index (κ3) is 2.33. The molecule has 4 unspecified atom stereocenters. The normalized spacial score (nSPS) is 31.7. The first-order valence-electron chi connectivity index (χ1n) is 7.96. The summed E-state index contributed by atoms with van der Waals surface area (Å²) in [6.45, 7) is 5.46. The Morgan fingerprint density at radius 2 is 1.74 bits per heavy atom. The van der Waals surface area contributed by atoms with Gasteiger partial charge in [0, 0.05) is 24.9 Å². The van der Waals surface area contributed by atoms with E-state index < -0.39 is 5.41 Å². The number of carbonyl (C=O) groups excluding carboxylic acids is 1. The van der Waals surface area contributed by atoms with E-state index in [1.54, 1.807) is 12.1 Å². The maximum Gasteiger partial charge on any atom is 0.232 e. The molecule has 23 heavy (non-hydrogen) atoms. The highest BCUT2D eigenvalue weighted by molar-refractivity contribution is 6.42. The second-order valence-corrected chi connectivity index (χ2v) is 8.06. The molecule has 4 atom stereocenters. The van der Waals surface area contributed by atoms with Crippen LogP contribution in [-0.2, 0) is 14.9 Å². The number of nitrogens with zero attached hydrogens (tertiary/aromatic N) is 1. The Bertz CT molecular complexity index is 680. The van der Waals surface area contributed by atoms with Crippen molar-refractivity contribution in [2.45, 2.75) is 31.5 Å². The van der Waals surface area contributed by atoms with Crippen molar-refractivity contribution in [1.29, 1.82) is 0 Å². The van der Waals surface area contributed by atoms with Crippen LogP contribution in [0.2, 0.25) is 10.0 Å². The van der Waals surface area contributed by atoms with Crippen LogP contribution in [0.1, 0.15) is 19.4 Å². The number of hydrogen-bond acceptors (Lipinski definition) is 2. The number of benzene rings is 1. The standard InChI is InChI=1S/C18H19Cl2NO2/c1-18(2,10-3-4-13(19)14(20)7-10)17(22)21-8-11-12(9-21)16-6-5-15(11)23-16/h3-7,11-12,15-16H,8-9H2,1-2H3. The van der Waals surface area contributed by atoms with Gasteiger partial charge in [-0.15, -0.1) is 0 Å². The Morgan fingerprint density at radius 1 is 1.13 bits per heavy atom. The van der Waals surface area contributed by atoms with Gasteiger partial charge in [0.1, 0.15) is 0 Å². The Balaban J connectivity index is 1.55. The van der Waals surface area contributed by atoms with Gasteiger partial charge < -0.3 is 9.64 Å². The number of amides is 1. The molecule has 4 rings (SSSR count). The number of halogens is 2. The predicted molar refractivity (Wildman–Crippen MR) is 90.8 cm³/mol. The molecule has 1 amide bonds. The van der Waals surface area contributed by atoms with Crippen molar-refractivity contribution in [3.8, 4) is 0 Å². The van der Waals surface area contributed by atoms with Crippen LogP contribution >= 0.6 is 23.2 Å². The van der Waals surface area contributed by atoms with Gasteiger partial charge in [-0.1, -0.05) is 41.4 Å². The Hall–Kier alpha value is -1.03. The summed E-state index contributed by atoms with van der Waals surface area (Å²) in [5.41, 5.74) is 0.270. The summed E-state index contributed by atoms with van der Waals surface area (Å²) in [5.74, 6) is 1.03. The van der Waals surface area contributed by atoms with Crippen molar-refractivity contribution in [1.82, 2.24) is 4.90 Å². The fourth-order valence-corrected chi connectivity index (χ4v) is 4.40. The minimum absolute atomic E-state index is 0.143. The smallest absolute Gasteiger partial charge is 0.232 e. The molecule has 3 heterocycles. The number of rotatable bonds is 2. The molecule has 0 aromatic heterocycles. The molecular weight excluding hydrogens is 333 g/mol. The van der Waals surface area contributed by atoms with E-state index in [1.807, 2.05) is 24.8 Å². The largest absolute Gasteiger partial charge is 0.366 e. The average Bonchev–Trinajstić information content (AvgIpc) is 3.20. The lowest BCUT2D eigenvalue weighted by atomic mass is 9.83. The number of hydrogen-bond donors (Lipinski definition) is 0. The molecule has 1 aromatic carbocycles. The van der Waals surface area contributed by atoms with Crippen molar-refractivity contribution >= 4 is 29.1 Å². The molecule has 0 saturated carbocycles. The van der Waals surface area contributed by atoms with E-state index in [1.165, 1.54) is 0 Å². The van der Waals surface area contributed by atoms with Crippen molar-refractivity contribution in [2.75, 3.05) is 13.1 Å². The molecule has 0 radical (unpaired) electrons. The van der Waals surface area contributed by atoms with Crippen LogP contribution < -0.4 is 0 Å². The van der Waals surface area contributed by atoms with Gasteiger partial charge in [-0.25, -0.2) is 0 Å². The number of fused-ring (bicyclic) bond motifs is 5. The summed E-state index contributed by atoms with van der Waals surface area (Å²) in [6, 6.07) is 5.44. The van der Waals surface area contributed by atoms with Crippen LogP contribution in [0.3, 0.4) is 0 Å². The fourth-order valence-electron chi connectivity index (χ4n) is 4.10. The molecular formula is C18H19Cl2NO2. The number of likely N-dealkylation sites (tertiary alicyclic amines) is 1. The Labute approximate surface area is 146 Å². The van der Waals surface area contributed by atoms with Gasteiger partial charge in [-0.05, 0) is 31.5 Å². The molecule has 3 nitrogen and oxygen atoms in total. The minimum atomic E-state index is -0.625. The summed E-state index contributed by atoms with van der Waals surface area (Å²) >= 11 is 12.1. The first-order valence-corrected chi connectivity index (χ1v) is 8.72. The second-order valence-electron chi connectivity index (χ2n) is 7.24. The first kappa shape index (κ1) is 15.5. The Kier molecular flexibility index (Phi) is 3.53. The van der Waals surface area contributed by atoms with Crippen molar-refractivity contribution in [3.05, 3.63) is 46.0 Å². The predicted octanol–water partition coefficient (Wildman–Crippen LogP) is 3.68.